The van der Waals surface area contributed by atoms with Crippen LogP contribution in [-0.2, 0) is 6.42 Å². The number of aromatic carboxylic acids is 1. The van der Waals surface area contributed by atoms with Gasteiger partial charge in [0.15, 0.2) is 5.69 Å². The Morgan fingerprint density at radius 2 is 2.08 bits per heavy atom. The van der Waals surface area contributed by atoms with Gasteiger partial charge in [0, 0.05) is 29.0 Å². The molecule has 132 valence electrons. The van der Waals surface area contributed by atoms with Crippen LogP contribution in [0.25, 0.3) is 0 Å². The van der Waals surface area contributed by atoms with Crippen LogP contribution < -0.4 is 5.32 Å². The van der Waals surface area contributed by atoms with E-state index in [1.54, 1.807) is 11.8 Å². The Kier molecular flexibility index (Phi) is 7.21. The molecule has 1 aromatic carbocycles. The van der Waals surface area contributed by atoms with Crippen LogP contribution in [0.15, 0.2) is 46.2 Å². The van der Waals surface area contributed by atoms with Crippen molar-refractivity contribution in [3.05, 3.63) is 57.6 Å². The lowest BCUT2D eigenvalue weighted by atomic mass is 10.2. The first-order valence-corrected chi connectivity index (χ1v) is 9.65. The minimum atomic E-state index is -1.03. The zero-order valence-electron chi connectivity index (χ0n) is 14.1. The van der Waals surface area contributed by atoms with Crippen LogP contribution >= 0.6 is 23.1 Å². The van der Waals surface area contributed by atoms with Crippen LogP contribution in [0, 0.1) is 0 Å². The Balaban J connectivity index is 1.91. The number of amides is 1. The number of carbonyl (C=O) groups excluding carboxylic acids is 1. The molecule has 0 saturated heterocycles. The van der Waals surface area contributed by atoms with Gasteiger partial charge >= 0.3 is 5.97 Å². The van der Waals surface area contributed by atoms with E-state index in [0.717, 1.165) is 10.6 Å². The first-order valence-electron chi connectivity index (χ1n) is 7.78. The van der Waals surface area contributed by atoms with E-state index in [1.807, 2.05) is 38.1 Å². The summed E-state index contributed by atoms with van der Waals surface area (Å²) in [4.78, 5) is 28.2. The van der Waals surface area contributed by atoms with Gasteiger partial charge in [0.05, 0.1) is 10.6 Å². The van der Waals surface area contributed by atoms with E-state index in [2.05, 4.69) is 16.4 Å². The van der Waals surface area contributed by atoms with Crippen molar-refractivity contribution in [2.75, 3.05) is 12.3 Å². The summed E-state index contributed by atoms with van der Waals surface area (Å²) < 4.78 is 0. The highest BCUT2D eigenvalue weighted by molar-refractivity contribution is 7.99. The second kappa shape index (κ2) is 9.39. The highest BCUT2D eigenvalue weighted by Gasteiger charge is 2.12. The summed E-state index contributed by atoms with van der Waals surface area (Å²) in [5.41, 5.74) is 1.95. The van der Waals surface area contributed by atoms with E-state index in [1.165, 1.54) is 22.3 Å². The number of carboxylic acid groups (broad SMARTS) is 1. The predicted octanol–water partition coefficient (Wildman–Crippen LogP) is 3.87. The molecule has 1 heterocycles. The van der Waals surface area contributed by atoms with E-state index < -0.39 is 5.97 Å². The Morgan fingerprint density at radius 1 is 1.32 bits per heavy atom. The van der Waals surface area contributed by atoms with Gasteiger partial charge in [-0.1, -0.05) is 23.8 Å². The van der Waals surface area contributed by atoms with Crippen molar-refractivity contribution >= 4 is 35.0 Å². The first kappa shape index (κ1) is 19.2. The summed E-state index contributed by atoms with van der Waals surface area (Å²) in [6, 6.07) is 7.52. The Bertz CT molecular complexity index is 780. The van der Waals surface area contributed by atoms with Gasteiger partial charge in [0.2, 0.25) is 0 Å². The lowest BCUT2D eigenvalue weighted by Gasteiger charge is -2.09. The molecule has 25 heavy (non-hydrogen) atoms. The quantitative estimate of drug-likeness (QED) is 0.540. The summed E-state index contributed by atoms with van der Waals surface area (Å²) in [7, 11) is 0. The molecule has 0 aliphatic heterocycles. The largest absolute Gasteiger partial charge is 0.476 e. The van der Waals surface area contributed by atoms with Crippen molar-refractivity contribution < 1.29 is 14.7 Å². The number of thiazole rings is 1. The Labute approximate surface area is 155 Å². The third-order valence-corrected chi connectivity index (χ3v) is 5.17. The number of nitrogens with zero attached hydrogens (tertiary/aromatic N) is 1. The van der Waals surface area contributed by atoms with Crippen LogP contribution in [0.5, 0.6) is 0 Å². The van der Waals surface area contributed by atoms with E-state index >= 15 is 0 Å². The van der Waals surface area contributed by atoms with Gasteiger partial charge in [0.1, 0.15) is 0 Å². The average Bonchev–Trinajstić information content (AvgIpc) is 3.04. The fourth-order valence-corrected chi connectivity index (χ4v) is 3.84. The van der Waals surface area contributed by atoms with Crippen molar-refractivity contribution in [2.45, 2.75) is 25.2 Å². The molecule has 2 aromatic rings. The minimum Gasteiger partial charge on any atom is -0.476 e. The Morgan fingerprint density at radius 3 is 2.76 bits per heavy atom. The maximum Gasteiger partial charge on any atom is 0.355 e. The highest BCUT2D eigenvalue weighted by atomic mass is 32.2. The number of allylic oxidation sites excluding steroid dienone is 1. The molecule has 0 radical (unpaired) electrons. The summed E-state index contributed by atoms with van der Waals surface area (Å²) in [6.45, 7) is 4.51. The smallest absolute Gasteiger partial charge is 0.355 e. The van der Waals surface area contributed by atoms with Crippen LogP contribution in [0.1, 0.15) is 39.7 Å². The molecule has 7 heteroatoms. The molecular weight excluding hydrogens is 356 g/mol. The van der Waals surface area contributed by atoms with Crippen LogP contribution in [0.4, 0.5) is 0 Å². The highest BCUT2D eigenvalue weighted by Crippen LogP contribution is 2.23. The van der Waals surface area contributed by atoms with E-state index in [4.69, 9.17) is 5.11 Å². The Hall–Kier alpha value is -2.12. The van der Waals surface area contributed by atoms with Crippen molar-refractivity contribution in [3.8, 4) is 0 Å². The lowest BCUT2D eigenvalue weighted by molar-refractivity contribution is 0.0690. The van der Waals surface area contributed by atoms with Gasteiger partial charge in [-0.3, -0.25) is 4.79 Å². The fourth-order valence-electron chi connectivity index (χ4n) is 1.98. The fraction of sp³-hybridized carbons (Fsp3) is 0.278. The summed E-state index contributed by atoms with van der Waals surface area (Å²) >= 11 is 2.92. The third-order valence-electron chi connectivity index (χ3n) is 3.26. The molecule has 0 bridgehead atoms. The van der Waals surface area contributed by atoms with E-state index in [9.17, 15) is 9.59 Å². The van der Waals surface area contributed by atoms with Gasteiger partial charge in [-0.05, 0) is 26.0 Å². The van der Waals surface area contributed by atoms with Gasteiger partial charge in [-0.15, -0.1) is 23.1 Å². The van der Waals surface area contributed by atoms with Crippen LogP contribution in [0.3, 0.4) is 0 Å². The molecular formula is C18H20N2O3S2. The minimum absolute atomic E-state index is 0.0485. The molecule has 0 saturated carbocycles. The zero-order valence-corrected chi connectivity index (χ0v) is 15.7. The number of rotatable bonds is 8. The van der Waals surface area contributed by atoms with Crippen molar-refractivity contribution in [1.82, 2.24) is 10.3 Å². The number of benzene rings is 1. The van der Waals surface area contributed by atoms with Crippen LogP contribution in [-0.4, -0.2) is 34.3 Å². The lowest BCUT2D eigenvalue weighted by Crippen LogP contribution is -2.26. The second-order valence-corrected chi connectivity index (χ2v) is 7.53. The van der Waals surface area contributed by atoms with Gasteiger partial charge in [0.25, 0.3) is 5.91 Å². The number of hydrogen-bond donors (Lipinski definition) is 2. The molecule has 0 fully saturated rings. The van der Waals surface area contributed by atoms with Crippen molar-refractivity contribution in [1.29, 1.82) is 0 Å². The number of carboxylic acids is 1. The van der Waals surface area contributed by atoms with E-state index in [-0.39, 0.29) is 11.6 Å². The molecule has 2 N–H and O–H groups in total. The van der Waals surface area contributed by atoms with Gasteiger partial charge in [-0.2, -0.15) is 0 Å². The number of carbonyl (C=O) groups is 2. The molecule has 0 unspecified atom stereocenters. The summed E-state index contributed by atoms with van der Waals surface area (Å²) in [5, 5.41) is 13.9. The molecule has 2 rings (SSSR count). The molecule has 0 spiro atoms. The van der Waals surface area contributed by atoms with Gasteiger partial charge in [-0.25, -0.2) is 9.78 Å². The maximum atomic E-state index is 12.4. The van der Waals surface area contributed by atoms with Crippen molar-refractivity contribution in [3.63, 3.8) is 0 Å². The average molecular weight is 377 g/mol. The second-order valence-electron chi connectivity index (χ2n) is 5.53. The zero-order chi connectivity index (χ0) is 18.2. The first-order chi connectivity index (χ1) is 12.0. The number of hydrogen-bond acceptors (Lipinski definition) is 5. The van der Waals surface area contributed by atoms with Crippen LogP contribution in [0.2, 0.25) is 0 Å². The normalized spacial score (nSPS) is 10.3. The van der Waals surface area contributed by atoms with Crippen molar-refractivity contribution in [2.24, 2.45) is 0 Å². The number of nitrogens with one attached hydrogen (secondary N) is 1. The standard InChI is InChI=1S/C18H20N2O3S2/c1-12(2)8-10-24-15-6-4-3-5-13(15)17(21)19-9-7-16-20-14(11-25-16)18(22)23/h3-6,8,11H,7,9-10H2,1-2H3,(H,19,21)(H,22,23). The predicted molar refractivity (Wildman–Crippen MR) is 102 cm³/mol. The van der Waals surface area contributed by atoms with Gasteiger partial charge < -0.3 is 10.4 Å². The topological polar surface area (TPSA) is 79.3 Å². The van der Waals surface area contributed by atoms with E-state index in [0.29, 0.717) is 23.5 Å². The number of thioether (sulfide) groups is 1. The third kappa shape index (κ3) is 6.03. The molecule has 1 amide bonds. The monoisotopic (exact) mass is 376 g/mol. The molecule has 0 aliphatic rings. The SMILES string of the molecule is CC(C)=CCSc1ccccc1C(=O)NCCc1nc(C(=O)O)cs1. The molecule has 5 nitrogen and oxygen atoms in total. The molecule has 1 aromatic heterocycles. The molecule has 0 aliphatic carbocycles. The summed E-state index contributed by atoms with van der Waals surface area (Å²) in [5.74, 6) is -0.340. The summed E-state index contributed by atoms with van der Waals surface area (Å²) in [6.07, 6.45) is 2.64. The molecule has 0 atom stereocenters. The number of aromatic nitrogens is 1. The maximum absolute atomic E-state index is 12.4.